The lowest BCUT2D eigenvalue weighted by molar-refractivity contribution is -0.181. The highest BCUT2D eigenvalue weighted by atomic mass is 16.7. The van der Waals surface area contributed by atoms with Crippen molar-refractivity contribution in [1.82, 2.24) is 0 Å². The fourth-order valence-corrected chi connectivity index (χ4v) is 3.28. The van der Waals surface area contributed by atoms with Gasteiger partial charge in [-0.25, -0.2) is 0 Å². The summed E-state index contributed by atoms with van der Waals surface area (Å²) in [5.41, 5.74) is 1.22. The van der Waals surface area contributed by atoms with Crippen molar-refractivity contribution in [3.8, 4) is 5.75 Å². The van der Waals surface area contributed by atoms with Gasteiger partial charge in [0.2, 0.25) is 0 Å². The average molecular weight is 349 g/mol. The molecular formula is C22H36O3. The number of rotatable bonds is 5. The third-order valence-electron chi connectivity index (χ3n) is 5.51. The minimum Gasteiger partial charge on any atom is -0.493 e. The van der Waals surface area contributed by atoms with Crippen LogP contribution in [0.3, 0.4) is 0 Å². The topological polar surface area (TPSA) is 27.7 Å². The minimum absolute atomic E-state index is 0.146. The Morgan fingerprint density at radius 1 is 1.16 bits per heavy atom. The maximum absolute atomic E-state index is 5.71. The molecule has 142 valence electrons. The van der Waals surface area contributed by atoms with E-state index in [1.54, 1.807) is 0 Å². The standard InChI is InChI=1S/C13H20O.C9H16O2/c1-4-11(2)9-10-14-13-8-6-5-7-12(13)3;1-8-2-4-9(5-3-8)10-6-7-11-9/h5-8,11H,4,9-10H2,1-3H3;8H,2-7H2,1H3. The Labute approximate surface area is 154 Å². The first kappa shape index (κ1) is 20.3. The Bertz CT molecular complexity index is 484. The lowest BCUT2D eigenvalue weighted by atomic mass is 9.86. The van der Waals surface area contributed by atoms with Gasteiger partial charge in [0.05, 0.1) is 19.8 Å². The lowest BCUT2D eigenvalue weighted by Gasteiger charge is -2.33. The fourth-order valence-electron chi connectivity index (χ4n) is 3.28. The van der Waals surface area contributed by atoms with Crippen molar-refractivity contribution < 1.29 is 14.2 Å². The van der Waals surface area contributed by atoms with Crippen molar-refractivity contribution in [2.75, 3.05) is 19.8 Å². The number of ether oxygens (including phenoxy) is 3. The summed E-state index contributed by atoms with van der Waals surface area (Å²) in [6.45, 7) is 11.3. The molecule has 0 bridgehead atoms. The average Bonchev–Trinajstić information content (AvgIpc) is 3.08. The molecule has 3 nitrogen and oxygen atoms in total. The summed E-state index contributed by atoms with van der Waals surface area (Å²) >= 11 is 0. The van der Waals surface area contributed by atoms with Gasteiger partial charge in [-0.05, 0) is 49.7 Å². The summed E-state index contributed by atoms with van der Waals surface area (Å²) < 4.78 is 16.9. The van der Waals surface area contributed by atoms with Crippen LogP contribution in [-0.4, -0.2) is 25.6 Å². The molecule has 25 heavy (non-hydrogen) atoms. The fraction of sp³-hybridized carbons (Fsp3) is 0.727. The molecule has 0 amide bonds. The van der Waals surface area contributed by atoms with Crippen LogP contribution in [0.5, 0.6) is 5.75 Å². The smallest absolute Gasteiger partial charge is 0.168 e. The summed E-state index contributed by atoms with van der Waals surface area (Å²) in [5, 5.41) is 0. The molecule has 2 aliphatic rings. The molecule has 0 radical (unpaired) electrons. The summed E-state index contributed by atoms with van der Waals surface area (Å²) in [6, 6.07) is 8.17. The highest BCUT2D eigenvalue weighted by Crippen LogP contribution is 2.37. The number of aryl methyl sites for hydroxylation is 1. The molecule has 0 aromatic heterocycles. The van der Waals surface area contributed by atoms with E-state index in [4.69, 9.17) is 14.2 Å². The van der Waals surface area contributed by atoms with Crippen LogP contribution in [-0.2, 0) is 9.47 Å². The van der Waals surface area contributed by atoms with Crippen molar-refractivity contribution in [2.45, 2.75) is 72.0 Å². The molecule has 3 rings (SSSR count). The van der Waals surface area contributed by atoms with E-state index >= 15 is 0 Å². The molecule has 1 heterocycles. The predicted octanol–water partition coefficient (Wildman–Crippen LogP) is 5.75. The van der Waals surface area contributed by atoms with Gasteiger partial charge in [-0.15, -0.1) is 0 Å². The largest absolute Gasteiger partial charge is 0.493 e. The third-order valence-corrected chi connectivity index (χ3v) is 5.51. The molecule has 1 atom stereocenters. The van der Waals surface area contributed by atoms with Gasteiger partial charge in [0, 0.05) is 12.8 Å². The Kier molecular flexibility index (Phi) is 8.25. The summed E-state index contributed by atoms with van der Waals surface area (Å²) in [5.74, 6) is 2.51. The van der Waals surface area contributed by atoms with E-state index in [0.29, 0.717) is 0 Å². The van der Waals surface area contributed by atoms with Crippen molar-refractivity contribution in [2.24, 2.45) is 11.8 Å². The highest BCUT2D eigenvalue weighted by Gasteiger charge is 2.39. The molecule has 1 aromatic carbocycles. The van der Waals surface area contributed by atoms with Crippen molar-refractivity contribution in [3.05, 3.63) is 29.8 Å². The molecule has 3 heteroatoms. The SMILES string of the molecule is CC1CCC2(CC1)OCCO2.CCC(C)CCOc1ccccc1C. The van der Waals surface area contributed by atoms with Crippen molar-refractivity contribution >= 4 is 0 Å². The zero-order chi connectivity index (χ0) is 18.1. The van der Waals surface area contributed by atoms with Crippen LogP contribution in [0.1, 0.15) is 64.9 Å². The van der Waals surface area contributed by atoms with Crippen LogP contribution in [0, 0.1) is 18.8 Å². The highest BCUT2D eigenvalue weighted by molar-refractivity contribution is 5.31. The van der Waals surface area contributed by atoms with Crippen LogP contribution < -0.4 is 4.74 Å². The second-order valence-corrected chi connectivity index (χ2v) is 7.71. The van der Waals surface area contributed by atoms with Crippen LogP contribution >= 0.6 is 0 Å². The molecule has 0 N–H and O–H groups in total. The van der Waals surface area contributed by atoms with Crippen LogP contribution in [0.25, 0.3) is 0 Å². The van der Waals surface area contributed by atoms with Crippen LogP contribution in [0.15, 0.2) is 24.3 Å². The summed E-state index contributed by atoms with van der Waals surface area (Å²) in [6.07, 6.45) is 7.12. The molecule has 1 aromatic rings. The first-order chi connectivity index (χ1) is 12.0. The van der Waals surface area contributed by atoms with E-state index in [1.807, 2.05) is 18.2 Å². The van der Waals surface area contributed by atoms with Gasteiger partial charge in [0.25, 0.3) is 0 Å². The predicted molar refractivity (Wildman–Crippen MR) is 103 cm³/mol. The molecule has 1 unspecified atom stereocenters. The van der Waals surface area contributed by atoms with Crippen LogP contribution in [0.4, 0.5) is 0 Å². The van der Waals surface area contributed by atoms with E-state index in [2.05, 4.69) is 33.8 Å². The van der Waals surface area contributed by atoms with Crippen molar-refractivity contribution in [3.63, 3.8) is 0 Å². The minimum atomic E-state index is -0.146. The van der Waals surface area contributed by atoms with Crippen molar-refractivity contribution in [1.29, 1.82) is 0 Å². The van der Waals surface area contributed by atoms with Gasteiger partial charge in [-0.3, -0.25) is 0 Å². The molecule has 2 fully saturated rings. The van der Waals surface area contributed by atoms with Gasteiger partial charge in [0.15, 0.2) is 5.79 Å². The first-order valence-corrected chi connectivity index (χ1v) is 10.0. The number of hydrogen-bond acceptors (Lipinski definition) is 3. The Morgan fingerprint density at radius 2 is 1.80 bits per heavy atom. The van der Waals surface area contributed by atoms with E-state index in [-0.39, 0.29) is 5.79 Å². The summed E-state index contributed by atoms with van der Waals surface area (Å²) in [4.78, 5) is 0. The Morgan fingerprint density at radius 3 is 2.40 bits per heavy atom. The second kappa shape index (κ2) is 10.2. The second-order valence-electron chi connectivity index (χ2n) is 7.71. The monoisotopic (exact) mass is 348 g/mol. The number of benzene rings is 1. The number of hydrogen-bond donors (Lipinski definition) is 0. The molecule has 1 saturated heterocycles. The maximum Gasteiger partial charge on any atom is 0.168 e. The maximum atomic E-state index is 5.71. The zero-order valence-electron chi connectivity index (χ0n) is 16.6. The lowest BCUT2D eigenvalue weighted by Crippen LogP contribution is -2.34. The van der Waals surface area contributed by atoms with Gasteiger partial charge in [-0.1, -0.05) is 45.4 Å². The molecular weight excluding hydrogens is 312 g/mol. The molecule has 1 saturated carbocycles. The van der Waals surface area contributed by atoms with Gasteiger partial charge < -0.3 is 14.2 Å². The van der Waals surface area contributed by atoms with Gasteiger partial charge >= 0.3 is 0 Å². The van der Waals surface area contributed by atoms with Gasteiger partial charge in [0.1, 0.15) is 5.75 Å². The Balaban J connectivity index is 0.000000185. The third kappa shape index (κ3) is 6.63. The van der Waals surface area contributed by atoms with E-state index in [9.17, 15) is 0 Å². The van der Waals surface area contributed by atoms with E-state index in [1.165, 1.54) is 24.8 Å². The van der Waals surface area contributed by atoms with E-state index < -0.39 is 0 Å². The Hall–Kier alpha value is -1.06. The van der Waals surface area contributed by atoms with E-state index in [0.717, 1.165) is 56.7 Å². The summed E-state index contributed by atoms with van der Waals surface area (Å²) in [7, 11) is 0. The zero-order valence-corrected chi connectivity index (χ0v) is 16.6. The van der Waals surface area contributed by atoms with Crippen LogP contribution in [0.2, 0.25) is 0 Å². The molecule has 1 spiro atoms. The number of para-hydroxylation sites is 1. The normalized spacial score (nSPS) is 20.8. The molecule has 1 aliphatic carbocycles. The first-order valence-electron chi connectivity index (χ1n) is 10.0. The van der Waals surface area contributed by atoms with Gasteiger partial charge in [-0.2, -0.15) is 0 Å². The quantitative estimate of drug-likeness (QED) is 0.678. The molecule has 1 aliphatic heterocycles.